The molecule has 3 rings (SSSR count). The molecule has 0 radical (unpaired) electrons. The Morgan fingerprint density at radius 2 is 1.96 bits per heavy atom. The molecule has 0 bridgehead atoms. The third-order valence-corrected chi connectivity index (χ3v) is 3.62. The van der Waals surface area contributed by atoms with Crippen molar-refractivity contribution in [2.24, 2.45) is 0 Å². The van der Waals surface area contributed by atoms with Crippen molar-refractivity contribution in [1.82, 2.24) is 29.9 Å². The molecule has 7 heteroatoms. The molecule has 1 amide bonds. The van der Waals surface area contributed by atoms with Gasteiger partial charge >= 0.3 is 0 Å². The van der Waals surface area contributed by atoms with E-state index in [4.69, 9.17) is 0 Å². The quantitative estimate of drug-likeness (QED) is 0.683. The lowest BCUT2D eigenvalue weighted by Crippen LogP contribution is -2.22. The first-order valence-corrected chi connectivity index (χ1v) is 7.94. The van der Waals surface area contributed by atoms with Gasteiger partial charge in [-0.3, -0.25) is 14.2 Å². The zero-order chi connectivity index (χ0) is 16.6. The molecule has 0 fully saturated rings. The molecule has 0 aliphatic rings. The van der Waals surface area contributed by atoms with Crippen molar-refractivity contribution < 1.29 is 4.79 Å². The monoisotopic (exact) mass is 324 g/mol. The van der Waals surface area contributed by atoms with E-state index < -0.39 is 0 Å². The average Bonchev–Trinajstić information content (AvgIpc) is 3.26. The zero-order valence-electron chi connectivity index (χ0n) is 13.4. The lowest BCUT2D eigenvalue weighted by molar-refractivity contribution is -0.121. The number of carbonyl (C=O) groups is 1. The van der Waals surface area contributed by atoms with Gasteiger partial charge in [0.15, 0.2) is 0 Å². The summed E-state index contributed by atoms with van der Waals surface area (Å²) in [4.78, 5) is 15.7. The van der Waals surface area contributed by atoms with E-state index in [1.807, 2.05) is 29.1 Å². The number of aryl methyl sites for hydroxylation is 1. The highest BCUT2D eigenvalue weighted by molar-refractivity contribution is 5.75. The minimum Gasteiger partial charge on any atom is -0.352 e. The normalized spacial score (nSPS) is 10.7. The van der Waals surface area contributed by atoms with Crippen LogP contribution >= 0.6 is 0 Å². The molecule has 1 aromatic carbocycles. The molecular weight excluding hydrogens is 304 g/mol. The van der Waals surface area contributed by atoms with Gasteiger partial charge < -0.3 is 5.32 Å². The van der Waals surface area contributed by atoms with Crippen molar-refractivity contribution in [2.45, 2.75) is 32.5 Å². The first kappa shape index (κ1) is 15.9. The van der Waals surface area contributed by atoms with Crippen molar-refractivity contribution in [2.75, 3.05) is 0 Å². The highest BCUT2D eigenvalue weighted by Crippen LogP contribution is 2.04. The van der Waals surface area contributed by atoms with Crippen molar-refractivity contribution in [3.05, 3.63) is 66.5 Å². The largest absolute Gasteiger partial charge is 0.352 e. The summed E-state index contributed by atoms with van der Waals surface area (Å²) in [7, 11) is 0. The van der Waals surface area contributed by atoms with Crippen molar-refractivity contribution in [1.29, 1.82) is 0 Å². The zero-order valence-corrected chi connectivity index (χ0v) is 13.4. The van der Waals surface area contributed by atoms with Crippen molar-refractivity contribution >= 4 is 5.91 Å². The van der Waals surface area contributed by atoms with Crippen LogP contribution in [0.4, 0.5) is 0 Å². The van der Waals surface area contributed by atoms with E-state index >= 15 is 0 Å². The maximum absolute atomic E-state index is 11.9. The molecule has 1 N–H and O–H groups in total. The molecule has 0 spiro atoms. The lowest BCUT2D eigenvalue weighted by atomic mass is 10.2. The minimum absolute atomic E-state index is 0.0333. The number of benzene rings is 1. The van der Waals surface area contributed by atoms with Crippen molar-refractivity contribution in [3.8, 4) is 0 Å². The van der Waals surface area contributed by atoms with Crippen LogP contribution in [-0.2, 0) is 24.4 Å². The molecule has 0 aliphatic carbocycles. The van der Waals surface area contributed by atoms with E-state index in [2.05, 4.69) is 32.6 Å². The van der Waals surface area contributed by atoms with Gasteiger partial charge in [-0.25, -0.2) is 4.98 Å². The van der Waals surface area contributed by atoms with E-state index in [1.54, 1.807) is 17.2 Å². The SMILES string of the molecule is O=C(CCCn1cncn1)NCc1cnn(Cc2ccccc2)c1. The minimum atomic E-state index is 0.0333. The van der Waals surface area contributed by atoms with Gasteiger partial charge in [-0.2, -0.15) is 10.2 Å². The molecule has 0 atom stereocenters. The summed E-state index contributed by atoms with van der Waals surface area (Å²) in [6, 6.07) is 10.2. The van der Waals surface area contributed by atoms with E-state index in [0.717, 1.165) is 18.5 Å². The standard InChI is InChI=1S/C17H20N6O/c24-17(7-4-8-22-14-18-13-21-22)19-9-16-10-20-23(12-16)11-15-5-2-1-3-6-15/h1-3,5-6,10,12-14H,4,7-9,11H2,(H,19,24). The fourth-order valence-electron chi connectivity index (χ4n) is 2.39. The van der Waals surface area contributed by atoms with Crippen LogP contribution in [0.3, 0.4) is 0 Å². The number of carbonyl (C=O) groups excluding carboxylic acids is 1. The molecule has 3 aromatic rings. The number of aromatic nitrogens is 5. The lowest BCUT2D eigenvalue weighted by Gasteiger charge is -2.04. The highest BCUT2D eigenvalue weighted by atomic mass is 16.1. The molecular formula is C17H20N6O. The fourth-order valence-corrected chi connectivity index (χ4v) is 2.39. The van der Waals surface area contributed by atoms with Crippen LogP contribution in [0.15, 0.2) is 55.4 Å². The fraction of sp³-hybridized carbons (Fsp3) is 0.294. The second kappa shape index (κ2) is 8.05. The topological polar surface area (TPSA) is 77.6 Å². The average molecular weight is 324 g/mol. The van der Waals surface area contributed by atoms with Crippen molar-refractivity contribution in [3.63, 3.8) is 0 Å². The number of hydrogen-bond donors (Lipinski definition) is 1. The maximum Gasteiger partial charge on any atom is 0.220 e. The number of amides is 1. The summed E-state index contributed by atoms with van der Waals surface area (Å²) < 4.78 is 3.60. The van der Waals surface area contributed by atoms with Crippen LogP contribution in [-0.4, -0.2) is 30.5 Å². The summed E-state index contributed by atoms with van der Waals surface area (Å²) >= 11 is 0. The summed E-state index contributed by atoms with van der Waals surface area (Å²) in [6.07, 6.45) is 8.11. The van der Waals surface area contributed by atoms with Gasteiger partial charge in [0.05, 0.1) is 12.7 Å². The molecule has 24 heavy (non-hydrogen) atoms. The Bertz CT molecular complexity index is 751. The van der Waals surface area contributed by atoms with Crippen LogP contribution in [0.25, 0.3) is 0 Å². The van der Waals surface area contributed by atoms with Crippen LogP contribution in [0.5, 0.6) is 0 Å². The third-order valence-electron chi connectivity index (χ3n) is 3.62. The molecule has 0 aliphatic heterocycles. The molecule has 0 saturated carbocycles. The smallest absolute Gasteiger partial charge is 0.220 e. The Morgan fingerprint density at radius 1 is 1.08 bits per heavy atom. The summed E-state index contributed by atoms with van der Waals surface area (Å²) in [5, 5.41) is 11.3. The van der Waals surface area contributed by atoms with Crippen LogP contribution in [0, 0.1) is 0 Å². The predicted molar refractivity (Wildman–Crippen MR) is 88.9 cm³/mol. The number of nitrogens with one attached hydrogen (secondary N) is 1. The van der Waals surface area contributed by atoms with Gasteiger partial charge in [0.25, 0.3) is 0 Å². The molecule has 2 aromatic heterocycles. The van der Waals surface area contributed by atoms with Crippen LogP contribution < -0.4 is 5.32 Å². The van der Waals surface area contributed by atoms with E-state index in [0.29, 0.717) is 19.5 Å². The number of nitrogens with zero attached hydrogens (tertiary/aromatic N) is 5. The van der Waals surface area contributed by atoms with Gasteiger partial charge in [0, 0.05) is 31.3 Å². The Hall–Kier alpha value is -2.96. The second-order valence-corrected chi connectivity index (χ2v) is 5.57. The number of rotatable bonds is 8. The van der Waals surface area contributed by atoms with Gasteiger partial charge in [0.1, 0.15) is 12.7 Å². The van der Waals surface area contributed by atoms with E-state index in [9.17, 15) is 4.79 Å². The molecule has 124 valence electrons. The van der Waals surface area contributed by atoms with Gasteiger partial charge in [0.2, 0.25) is 5.91 Å². The van der Waals surface area contributed by atoms with Gasteiger partial charge in [-0.15, -0.1) is 0 Å². The Labute approximate surface area is 140 Å². The summed E-state index contributed by atoms with van der Waals surface area (Å²) in [5.41, 5.74) is 2.19. The second-order valence-electron chi connectivity index (χ2n) is 5.57. The molecule has 0 saturated heterocycles. The number of hydrogen-bond acceptors (Lipinski definition) is 4. The first-order valence-electron chi connectivity index (χ1n) is 7.94. The summed E-state index contributed by atoms with van der Waals surface area (Å²) in [5.74, 6) is 0.0333. The van der Waals surface area contributed by atoms with Crippen LogP contribution in [0.2, 0.25) is 0 Å². The third kappa shape index (κ3) is 4.77. The molecule has 2 heterocycles. The summed E-state index contributed by atoms with van der Waals surface area (Å²) in [6.45, 7) is 1.92. The van der Waals surface area contributed by atoms with E-state index in [1.165, 1.54) is 11.9 Å². The first-order chi connectivity index (χ1) is 11.8. The Balaban J connectivity index is 1.39. The molecule has 0 unspecified atom stereocenters. The highest BCUT2D eigenvalue weighted by Gasteiger charge is 2.04. The van der Waals surface area contributed by atoms with Crippen LogP contribution in [0.1, 0.15) is 24.0 Å². The Kier molecular flexibility index (Phi) is 5.34. The van der Waals surface area contributed by atoms with E-state index in [-0.39, 0.29) is 5.91 Å². The molecule has 7 nitrogen and oxygen atoms in total. The Morgan fingerprint density at radius 3 is 2.75 bits per heavy atom. The predicted octanol–water partition coefficient (Wildman–Crippen LogP) is 1.62. The maximum atomic E-state index is 11.9. The van der Waals surface area contributed by atoms with Gasteiger partial charge in [-0.1, -0.05) is 30.3 Å². The van der Waals surface area contributed by atoms with Gasteiger partial charge in [-0.05, 0) is 12.0 Å².